The maximum absolute atomic E-state index is 5.02. The van der Waals surface area contributed by atoms with Gasteiger partial charge in [-0.05, 0) is 17.7 Å². The number of methoxy groups -OCH3 is 1. The van der Waals surface area contributed by atoms with Crippen molar-refractivity contribution in [1.29, 1.82) is 0 Å². The summed E-state index contributed by atoms with van der Waals surface area (Å²) in [5.41, 5.74) is 2.15. The van der Waals surface area contributed by atoms with E-state index in [0.717, 1.165) is 11.3 Å². The van der Waals surface area contributed by atoms with E-state index in [4.69, 9.17) is 4.74 Å². The standard InChI is InChI=1S/C10H11N3O/c1-14-6-9-2-4-10(5-3-9)13-8-11-7-12-13/h2-5,7-8H,6H2,1H3. The molecule has 14 heavy (non-hydrogen) atoms. The molecule has 1 heterocycles. The Balaban J connectivity index is 2.22. The molecule has 0 fully saturated rings. The predicted octanol–water partition coefficient (Wildman–Crippen LogP) is 1.41. The first-order valence-corrected chi connectivity index (χ1v) is 4.33. The second-order valence-corrected chi connectivity index (χ2v) is 2.94. The second-order valence-electron chi connectivity index (χ2n) is 2.94. The molecule has 1 aromatic heterocycles. The van der Waals surface area contributed by atoms with E-state index in [1.54, 1.807) is 18.1 Å². The van der Waals surface area contributed by atoms with Crippen molar-refractivity contribution < 1.29 is 4.74 Å². The van der Waals surface area contributed by atoms with Crippen molar-refractivity contribution in [3.05, 3.63) is 42.5 Å². The second kappa shape index (κ2) is 4.02. The first-order chi connectivity index (χ1) is 6.90. The summed E-state index contributed by atoms with van der Waals surface area (Å²) in [6, 6.07) is 8.01. The molecule has 0 saturated carbocycles. The highest BCUT2D eigenvalue weighted by molar-refractivity contribution is 5.32. The van der Waals surface area contributed by atoms with E-state index in [9.17, 15) is 0 Å². The molecule has 4 heteroatoms. The van der Waals surface area contributed by atoms with Gasteiger partial charge in [-0.1, -0.05) is 12.1 Å². The quantitative estimate of drug-likeness (QED) is 0.733. The van der Waals surface area contributed by atoms with Crippen LogP contribution in [-0.2, 0) is 11.3 Å². The third-order valence-electron chi connectivity index (χ3n) is 1.93. The summed E-state index contributed by atoms with van der Waals surface area (Å²) in [6.45, 7) is 0.637. The van der Waals surface area contributed by atoms with E-state index in [1.165, 1.54) is 6.33 Å². The topological polar surface area (TPSA) is 39.9 Å². The summed E-state index contributed by atoms with van der Waals surface area (Å²) in [4.78, 5) is 3.88. The van der Waals surface area contributed by atoms with Crippen LogP contribution in [0.25, 0.3) is 5.69 Å². The highest BCUT2D eigenvalue weighted by Gasteiger charge is 1.96. The molecule has 0 aliphatic rings. The van der Waals surface area contributed by atoms with Crippen LogP contribution < -0.4 is 0 Å². The largest absolute Gasteiger partial charge is 0.380 e. The number of ether oxygens (including phenoxy) is 1. The van der Waals surface area contributed by atoms with E-state index in [2.05, 4.69) is 10.1 Å². The third-order valence-corrected chi connectivity index (χ3v) is 1.93. The first kappa shape index (κ1) is 8.90. The van der Waals surface area contributed by atoms with Gasteiger partial charge in [0.2, 0.25) is 0 Å². The van der Waals surface area contributed by atoms with Gasteiger partial charge in [-0.15, -0.1) is 0 Å². The summed E-state index contributed by atoms with van der Waals surface area (Å²) in [5, 5.41) is 4.04. The first-order valence-electron chi connectivity index (χ1n) is 4.33. The molecule has 0 bridgehead atoms. The monoisotopic (exact) mass is 189 g/mol. The zero-order chi connectivity index (χ0) is 9.80. The van der Waals surface area contributed by atoms with Crippen LogP contribution >= 0.6 is 0 Å². The van der Waals surface area contributed by atoms with Gasteiger partial charge in [0.1, 0.15) is 12.7 Å². The third kappa shape index (κ3) is 1.80. The normalized spacial score (nSPS) is 10.4. The van der Waals surface area contributed by atoms with Crippen LogP contribution in [0.4, 0.5) is 0 Å². The lowest BCUT2D eigenvalue weighted by Gasteiger charge is -2.02. The van der Waals surface area contributed by atoms with Crippen molar-refractivity contribution in [2.24, 2.45) is 0 Å². The van der Waals surface area contributed by atoms with Crippen LogP contribution in [0, 0.1) is 0 Å². The van der Waals surface area contributed by atoms with Crippen molar-refractivity contribution in [2.45, 2.75) is 6.61 Å². The van der Waals surface area contributed by atoms with Gasteiger partial charge in [-0.3, -0.25) is 0 Å². The van der Waals surface area contributed by atoms with Crippen LogP contribution in [0.5, 0.6) is 0 Å². The Morgan fingerprint density at radius 2 is 2.07 bits per heavy atom. The van der Waals surface area contributed by atoms with Gasteiger partial charge in [0.25, 0.3) is 0 Å². The number of nitrogens with zero attached hydrogens (tertiary/aromatic N) is 3. The smallest absolute Gasteiger partial charge is 0.138 e. The Labute approximate surface area is 82.2 Å². The van der Waals surface area contributed by atoms with Gasteiger partial charge in [0.05, 0.1) is 12.3 Å². The number of hydrogen-bond donors (Lipinski definition) is 0. The highest BCUT2D eigenvalue weighted by Crippen LogP contribution is 2.08. The number of rotatable bonds is 3. The fourth-order valence-corrected chi connectivity index (χ4v) is 1.25. The zero-order valence-corrected chi connectivity index (χ0v) is 7.92. The molecule has 0 saturated heterocycles. The molecular weight excluding hydrogens is 178 g/mol. The minimum absolute atomic E-state index is 0.637. The molecule has 0 amide bonds. The maximum Gasteiger partial charge on any atom is 0.138 e. The Hall–Kier alpha value is -1.68. The minimum atomic E-state index is 0.637. The Morgan fingerprint density at radius 1 is 1.29 bits per heavy atom. The van der Waals surface area contributed by atoms with Gasteiger partial charge in [-0.2, -0.15) is 5.10 Å². The molecule has 72 valence electrons. The summed E-state index contributed by atoms with van der Waals surface area (Å²) in [6.07, 6.45) is 3.19. The van der Waals surface area contributed by atoms with Gasteiger partial charge < -0.3 is 4.74 Å². The molecule has 0 N–H and O–H groups in total. The Morgan fingerprint density at radius 3 is 2.64 bits per heavy atom. The van der Waals surface area contributed by atoms with Gasteiger partial charge in [-0.25, -0.2) is 9.67 Å². The fourth-order valence-electron chi connectivity index (χ4n) is 1.25. The lowest BCUT2D eigenvalue weighted by molar-refractivity contribution is 0.185. The van der Waals surface area contributed by atoms with Gasteiger partial charge >= 0.3 is 0 Å². The summed E-state index contributed by atoms with van der Waals surface area (Å²) >= 11 is 0. The average molecular weight is 189 g/mol. The highest BCUT2D eigenvalue weighted by atomic mass is 16.5. The minimum Gasteiger partial charge on any atom is -0.380 e. The Kier molecular flexibility index (Phi) is 2.55. The summed E-state index contributed by atoms with van der Waals surface area (Å²) < 4.78 is 6.74. The fraction of sp³-hybridized carbons (Fsp3) is 0.200. The molecular formula is C10H11N3O. The molecule has 0 unspecified atom stereocenters. The molecule has 1 aromatic carbocycles. The van der Waals surface area contributed by atoms with E-state index in [0.29, 0.717) is 6.61 Å². The summed E-state index contributed by atoms with van der Waals surface area (Å²) in [5.74, 6) is 0. The lowest BCUT2D eigenvalue weighted by Crippen LogP contribution is -1.94. The molecule has 0 radical (unpaired) electrons. The number of aromatic nitrogens is 3. The van der Waals surface area contributed by atoms with Crippen molar-refractivity contribution >= 4 is 0 Å². The molecule has 2 aromatic rings. The van der Waals surface area contributed by atoms with E-state index in [1.807, 2.05) is 24.3 Å². The molecule has 0 atom stereocenters. The van der Waals surface area contributed by atoms with E-state index >= 15 is 0 Å². The molecule has 0 aliphatic heterocycles. The number of hydrogen-bond acceptors (Lipinski definition) is 3. The van der Waals surface area contributed by atoms with Crippen LogP contribution in [0.1, 0.15) is 5.56 Å². The maximum atomic E-state index is 5.02. The van der Waals surface area contributed by atoms with Gasteiger partial charge in [0, 0.05) is 7.11 Å². The molecule has 4 nitrogen and oxygen atoms in total. The zero-order valence-electron chi connectivity index (χ0n) is 7.92. The lowest BCUT2D eigenvalue weighted by atomic mass is 10.2. The van der Waals surface area contributed by atoms with Crippen LogP contribution in [-0.4, -0.2) is 21.9 Å². The van der Waals surface area contributed by atoms with Crippen molar-refractivity contribution in [3.8, 4) is 5.69 Å². The van der Waals surface area contributed by atoms with E-state index in [-0.39, 0.29) is 0 Å². The van der Waals surface area contributed by atoms with Crippen molar-refractivity contribution in [3.63, 3.8) is 0 Å². The predicted molar refractivity (Wildman–Crippen MR) is 52.1 cm³/mol. The van der Waals surface area contributed by atoms with E-state index < -0.39 is 0 Å². The van der Waals surface area contributed by atoms with Gasteiger partial charge in [0.15, 0.2) is 0 Å². The van der Waals surface area contributed by atoms with Crippen LogP contribution in [0.15, 0.2) is 36.9 Å². The molecule has 2 rings (SSSR count). The average Bonchev–Trinajstić information content (AvgIpc) is 2.72. The van der Waals surface area contributed by atoms with Crippen LogP contribution in [0.2, 0.25) is 0 Å². The molecule has 0 spiro atoms. The SMILES string of the molecule is COCc1ccc(-n2cncn2)cc1. The van der Waals surface area contributed by atoms with Crippen LogP contribution in [0.3, 0.4) is 0 Å². The van der Waals surface area contributed by atoms with Crippen molar-refractivity contribution in [2.75, 3.05) is 7.11 Å². The number of benzene rings is 1. The van der Waals surface area contributed by atoms with Crippen molar-refractivity contribution in [1.82, 2.24) is 14.8 Å². The summed E-state index contributed by atoms with van der Waals surface area (Å²) in [7, 11) is 1.69. The Bertz CT molecular complexity index is 380. The molecule has 0 aliphatic carbocycles.